The minimum Gasteiger partial charge on any atom is -0.361 e. The number of likely N-dealkylation sites (N-methyl/N-ethyl adjacent to an activating group) is 1. The zero-order chi connectivity index (χ0) is 14.7. The molecule has 0 radical (unpaired) electrons. The van der Waals surface area contributed by atoms with E-state index < -0.39 is 0 Å². The molecule has 0 bridgehead atoms. The molecule has 5 nitrogen and oxygen atoms in total. The Morgan fingerprint density at radius 3 is 3.14 bits per heavy atom. The molecule has 2 atom stereocenters. The fourth-order valence-corrected chi connectivity index (χ4v) is 2.97. The van der Waals surface area contributed by atoms with Crippen molar-refractivity contribution in [3.63, 3.8) is 0 Å². The van der Waals surface area contributed by atoms with Crippen LogP contribution in [-0.2, 0) is 4.79 Å². The van der Waals surface area contributed by atoms with E-state index in [1.165, 1.54) is 11.3 Å². The Kier molecular flexibility index (Phi) is 4.01. The van der Waals surface area contributed by atoms with Gasteiger partial charge in [-0.1, -0.05) is 18.2 Å². The number of carbonyl (C=O) groups is 1. The van der Waals surface area contributed by atoms with Crippen molar-refractivity contribution in [2.24, 2.45) is 5.10 Å². The van der Waals surface area contributed by atoms with E-state index in [4.69, 9.17) is 0 Å². The van der Waals surface area contributed by atoms with Gasteiger partial charge in [-0.05, 0) is 18.9 Å². The number of H-pyrrole nitrogens is 1. The van der Waals surface area contributed by atoms with Crippen molar-refractivity contribution in [3.8, 4) is 0 Å². The van der Waals surface area contributed by atoms with Crippen LogP contribution in [0.1, 0.15) is 24.8 Å². The Bertz CT molecular complexity index is 661. The van der Waals surface area contributed by atoms with Gasteiger partial charge >= 0.3 is 0 Å². The molecule has 2 heterocycles. The van der Waals surface area contributed by atoms with Crippen LogP contribution in [0.5, 0.6) is 0 Å². The Morgan fingerprint density at radius 2 is 2.29 bits per heavy atom. The predicted molar refractivity (Wildman–Crippen MR) is 83.4 cm³/mol. The van der Waals surface area contributed by atoms with Gasteiger partial charge < -0.3 is 9.88 Å². The maximum absolute atomic E-state index is 12.1. The van der Waals surface area contributed by atoms with Crippen LogP contribution in [0.15, 0.2) is 35.6 Å². The minimum absolute atomic E-state index is 0.0169. The van der Waals surface area contributed by atoms with Crippen LogP contribution in [0.4, 0.5) is 0 Å². The number of rotatable bonds is 3. The molecule has 1 saturated heterocycles. The molecule has 5 heteroatoms. The van der Waals surface area contributed by atoms with Gasteiger partial charge in [0.25, 0.3) is 5.91 Å². The number of nitrogens with zero attached hydrogens (tertiary/aromatic N) is 1. The topological polar surface area (TPSA) is 61.7 Å². The summed E-state index contributed by atoms with van der Waals surface area (Å²) in [5, 5.41) is 5.22. The normalized spacial score (nSPS) is 22.7. The van der Waals surface area contributed by atoms with E-state index in [1.54, 1.807) is 6.21 Å². The van der Waals surface area contributed by atoms with E-state index >= 15 is 0 Å². The van der Waals surface area contributed by atoms with Gasteiger partial charge in [0, 0.05) is 29.1 Å². The Morgan fingerprint density at radius 1 is 1.43 bits per heavy atom. The highest BCUT2D eigenvalue weighted by Crippen LogP contribution is 2.15. The molecule has 110 valence electrons. The summed E-state index contributed by atoms with van der Waals surface area (Å²) in [6.07, 6.45) is 6.88. The predicted octanol–water partition coefficient (Wildman–Crippen LogP) is 0.685. The first-order valence-electron chi connectivity index (χ1n) is 7.47. The molecule has 1 aliphatic rings. The third kappa shape index (κ3) is 2.97. The maximum Gasteiger partial charge on any atom is 0.298 e. The number of hydrazone groups is 1. The third-order valence-electron chi connectivity index (χ3n) is 4.22. The first-order chi connectivity index (χ1) is 10.3. The van der Waals surface area contributed by atoms with Gasteiger partial charge in [-0.2, -0.15) is 5.10 Å². The second-order valence-electron chi connectivity index (χ2n) is 5.67. The highest BCUT2D eigenvalue weighted by atomic mass is 16.2. The van der Waals surface area contributed by atoms with Crippen molar-refractivity contribution in [2.45, 2.75) is 25.3 Å². The number of fused-ring (bicyclic) bond motifs is 1. The minimum atomic E-state index is 0.0169. The smallest absolute Gasteiger partial charge is 0.298 e. The van der Waals surface area contributed by atoms with Crippen molar-refractivity contribution in [1.29, 1.82) is 0 Å². The molecule has 1 unspecified atom stereocenters. The summed E-state index contributed by atoms with van der Waals surface area (Å²) in [5.74, 6) is 0.0169. The quantitative estimate of drug-likeness (QED) is 0.564. The zero-order valence-corrected chi connectivity index (χ0v) is 12.2. The largest absolute Gasteiger partial charge is 0.361 e. The number of benzene rings is 1. The molecule has 0 aliphatic carbocycles. The van der Waals surface area contributed by atoms with Crippen molar-refractivity contribution in [1.82, 2.24) is 10.4 Å². The van der Waals surface area contributed by atoms with E-state index in [-0.39, 0.29) is 11.9 Å². The number of hydrogen-bond donors (Lipinski definition) is 3. The first-order valence-corrected chi connectivity index (χ1v) is 7.47. The summed E-state index contributed by atoms with van der Waals surface area (Å²) in [6, 6.07) is 8.06. The van der Waals surface area contributed by atoms with Crippen LogP contribution >= 0.6 is 0 Å². The van der Waals surface area contributed by atoms with E-state index in [0.717, 1.165) is 35.9 Å². The van der Waals surface area contributed by atoms with Crippen molar-refractivity contribution in [2.75, 3.05) is 13.6 Å². The number of para-hydroxylation sites is 1. The summed E-state index contributed by atoms with van der Waals surface area (Å²) >= 11 is 0. The molecule has 0 spiro atoms. The SMILES string of the molecule is C[NH+]1CCCC[C@H]1C(=O)N/N=C/c1c[nH]c2ccccc12. The molecule has 0 saturated carbocycles. The maximum atomic E-state index is 12.1. The second-order valence-corrected chi connectivity index (χ2v) is 5.67. The lowest BCUT2D eigenvalue weighted by molar-refractivity contribution is -0.901. The molecule has 1 aliphatic heterocycles. The average Bonchev–Trinajstić information content (AvgIpc) is 2.91. The van der Waals surface area contributed by atoms with Crippen LogP contribution in [-0.4, -0.2) is 36.7 Å². The number of piperidine rings is 1. The molecule has 21 heavy (non-hydrogen) atoms. The third-order valence-corrected chi connectivity index (χ3v) is 4.22. The lowest BCUT2D eigenvalue weighted by Crippen LogP contribution is -3.15. The monoisotopic (exact) mass is 285 g/mol. The molecule has 1 aromatic heterocycles. The van der Waals surface area contributed by atoms with E-state index in [2.05, 4.69) is 22.6 Å². The fraction of sp³-hybridized carbons (Fsp3) is 0.375. The van der Waals surface area contributed by atoms with Gasteiger partial charge in [-0.25, -0.2) is 5.43 Å². The van der Waals surface area contributed by atoms with Crippen LogP contribution < -0.4 is 10.3 Å². The Balaban J connectivity index is 1.65. The number of likely N-dealkylation sites (tertiary alicyclic amines) is 1. The Hall–Kier alpha value is -2.14. The number of aromatic nitrogens is 1. The second kappa shape index (κ2) is 6.10. The number of quaternary nitrogens is 1. The lowest BCUT2D eigenvalue weighted by Gasteiger charge is -2.27. The molecule has 3 N–H and O–H groups in total. The molecule has 1 aromatic carbocycles. The molecule has 1 amide bonds. The molecule has 1 fully saturated rings. The van der Waals surface area contributed by atoms with Gasteiger partial charge in [0.1, 0.15) is 0 Å². The van der Waals surface area contributed by atoms with Crippen molar-refractivity contribution in [3.05, 3.63) is 36.0 Å². The van der Waals surface area contributed by atoms with Gasteiger partial charge in [0.2, 0.25) is 0 Å². The molecule has 2 aromatic rings. The summed E-state index contributed by atoms with van der Waals surface area (Å²) < 4.78 is 0. The van der Waals surface area contributed by atoms with Crippen LogP contribution in [0, 0.1) is 0 Å². The standard InChI is InChI=1S/C16H20N4O/c1-20-9-5-4-8-15(20)16(21)19-18-11-12-10-17-14-7-3-2-6-13(12)14/h2-3,6-7,10-11,15,17H,4-5,8-9H2,1H3,(H,19,21)/p+1/b18-11+/t15-/m0/s1. The van der Waals surface area contributed by atoms with Crippen molar-refractivity contribution >= 4 is 23.0 Å². The number of hydrogen-bond acceptors (Lipinski definition) is 2. The van der Waals surface area contributed by atoms with E-state index in [9.17, 15) is 4.79 Å². The van der Waals surface area contributed by atoms with Gasteiger partial charge in [0.05, 0.1) is 19.8 Å². The number of aromatic amines is 1. The number of amides is 1. The summed E-state index contributed by atoms with van der Waals surface area (Å²) in [5.41, 5.74) is 4.73. The van der Waals surface area contributed by atoms with Crippen molar-refractivity contribution < 1.29 is 9.69 Å². The number of nitrogens with one attached hydrogen (secondary N) is 3. The Labute approximate surface area is 124 Å². The molecular weight excluding hydrogens is 264 g/mol. The highest BCUT2D eigenvalue weighted by Gasteiger charge is 2.29. The van der Waals surface area contributed by atoms with E-state index in [0.29, 0.717) is 0 Å². The summed E-state index contributed by atoms with van der Waals surface area (Å²) in [7, 11) is 2.08. The summed E-state index contributed by atoms with van der Waals surface area (Å²) in [6.45, 7) is 1.06. The van der Waals surface area contributed by atoms with Crippen LogP contribution in [0.25, 0.3) is 10.9 Å². The first kappa shape index (κ1) is 13.8. The lowest BCUT2D eigenvalue weighted by atomic mass is 10.0. The molecule has 3 rings (SSSR count). The average molecular weight is 285 g/mol. The van der Waals surface area contributed by atoms with Crippen LogP contribution in [0.2, 0.25) is 0 Å². The van der Waals surface area contributed by atoms with Crippen LogP contribution in [0.3, 0.4) is 0 Å². The summed E-state index contributed by atoms with van der Waals surface area (Å²) in [4.78, 5) is 16.6. The van der Waals surface area contributed by atoms with Gasteiger partial charge in [-0.15, -0.1) is 0 Å². The number of carbonyl (C=O) groups excluding carboxylic acids is 1. The fourth-order valence-electron chi connectivity index (χ4n) is 2.97. The highest BCUT2D eigenvalue weighted by molar-refractivity contribution is 5.99. The van der Waals surface area contributed by atoms with E-state index in [1.807, 2.05) is 30.5 Å². The van der Waals surface area contributed by atoms with Gasteiger partial charge in [-0.3, -0.25) is 4.79 Å². The molecular formula is C16H21N4O+. The zero-order valence-electron chi connectivity index (χ0n) is 12.2. The van der Waals surface area contributed by atoms with Gasteiger partial charge in [0.15, 0.2) is 6.04 Å².